The summed E-state index contributed by atoms with van der Waals surface area (Å²) in [6.45, 7) is 0. The Bertz CT molecular complexity index is 1220. The first-order valence-corrected chi connectivity index (χ1v) is 7.98. The molecule has 0 aliphatic heterocycles. The van der Waals surface area contributed by atoms with Crippen LogP contribution in [-0.4, -0.2) is 0 Å². The van der Waals surface area contributed by atoms with Crippen LogP contribution in [0.3, 0.4) is 0 Å². The second-order valence-corrected chi connectivity index (χ2v) is 5.74. The fourth-order valence-electron chi connectivity index (χ4n) is 3.26. The van der Waals surface area contributed by atoms with Crippen LogP contribution < -0.4 is 9.47 Å². The summed E-state index contributed by atoms with van der Waals surface area (Å²) in [5.74, 6) is 1.000. The highest BCUT2D eigenvalue weighted by Crippen LogP contribution is 2.41. The quantitative estimate of drug-likeness (QED) is 0.471. The predicted octanol–water partition coefficient (Wildman–Crippen LogP) is 5.38. The molecule has 0 fully saturated rings. The van der Waals surface area contributed by atoms with Crippen LogP contribution in [0, 0.1) is 23.0 Å². The zero-order chi connectivity index (χ0) is 17.9. The number of benzene rings is 4. The van der Waals surface area contributed by atoms with E-state index in [1.165, 1.54) is 0 Å². The lowest BCUT2D eigenvalue weighted by Gasteiger charge is -2.13. The molecule has 0 heterocycles. The fourth-order valence-corrected chi connectivity index (χ4v) is 3.26. The molecular weight excluding hydrogens is 324 g/mol. The Morgan fingerprint density at radius 1 is 0.654 bits per heavy atom. The number of ether oxygens (including phenoxy) is 2. The molecule has 0 aromatic heterocycles. The Morgan fingerprint density at radius 3 is 2.31 bits per heavy atom. The van der Waals surface area contributed by atoms with Gasteiger partial charge in [-0.05, 0) is 45.3 Å². The van der Waals surface area contributed by atoms with Crippen molar-refractivity contribution in [1.29, 1.82) is 10.5 Å². The van der Waals surface area contributed by atoms with Gasteiger partial charge in [-0.2, -0.15) is 0 Å². The zero-order valence-corrected chi connectivity index (χ0v) is 13.6. The number of hydrogen-bond acceptors (Lipinski definition) is 4. The number of rotatable bonds is 3. The SMILES string of the molecule is N#COc1ccc2c(-c3c(OC#N)ccc4ccccc34)cccc2c1. The lowest BCUT2D eigenvalue weighted by Crippen LogP contribution is -1.91. The number of hydrogen-bond donors (Lipinski definition) is 0. The summed E-state index contributed by atoms with van der Waals surface area (Å²) in [5, 5.41) is 21.8. The number of nitriles is 2. The molecule has 0 aliphatic rings. The molecule has 4 aromatic carbocycles. The highest BCUT2D eigenvalue weighted by molar-refractivity contribution is 6.07. The molecule has 0 saturated heterocycles. The van der Waals surface area contributed by atoms with Gasteiger partial charge in [0.05, 0.1) is 0 Å². The highest BCUT2D eigenvalue weighted by atomic mass is 16.5. The molecule has 0 saturated carbocycles. The van der Waals surface area contributed by atoms with Crippen molar-refractivity contribution in [3.8, 4) is 35.1 Å². The Hall–Kier alpha value is -4.02. The Morgan fingerprint density at radius 2 is 1.46 bits per heavy atom. The second kappa shape index (κ2) is 6.47. The van der Waals surface area contributed by atoms with Gasteiger partial charge in [-0.1, -0.05) is 54.6 Å². The first kappa shape index (κ1) is 15.5. The van der Waals surface area contributed by atoms with E-state index in [9.17, 15) is 0 Å². The van der Waals surface area contributed by atoms with Crippen LogP contribution in [0.5, 0.6) is 11.5 Å². The summed E-state index contributed by atoms with van der Waals surface area (Å²) < 4.78 is 10.2. The largest absolute Gasteiger partial charge is 0.388 e. The molecule has 4 heteroatoms. The van der Waals surface area contributed by atoms with Crippen molar-refractivity contribution in [2.75, 3.05) is 0 Å². The number of fused-ring (bicyclic) bond motifs is 2. The molecule has 0 radical (unpaired) electrons. The van der Waals surface area contributed by atoms with Gasteiger partial charge in [0.25, 0.3) is 12.5 Å². The lowest BCUT2D eigenvalue weighted by atomic mass is 9.93. The van der Waals surface area contributed by atoms with Crippen LogP contribution >= 0.6 is 0 Å². The molecule has 4 rings (SSSR count). The van der Waals surface area contributed by atoms with Crippen molar-refractivity contribution >= 4 is 21.5 Å². The van der Waals surface area contributed by atoms with E-state index in [1.807, 2.05) is 66.7 Å². The monoisotopic (exact) mass is 336 g/mol. The van der Waals surface area contributed by atoms with E-state index in [1.54, 1.807) is 18.6 Å². The molecular formula is C22H12N2O2. The third-order valence-corrected chi connectivity index (χ3v) is 4.33. The molecule has 0 aliphatic carbocycles. The van der Waals surface area contributed by atoms with Crippen molar-refractivity contribution in [2.45, 2.75) is 0 Å². The summed E-state index contributed by atoms with van der Waals surface area (Å²) in [6, 6.07) is 23.1. The van der Waals surface area contributed by atoms with Crippen molar-refractivity contribution in [2.24, 2.45) is 0 Å². The molecule has 4 aromatic rings. The van der Waals surface area contributed by atoms with E-state index in [0.717, 1.165) is 32.7 Å². The summed E-state index contributed by atoms with van der Waals surface area (Å²) >= 11 is 0. The van der Waals surface area contributed by atoms with E-state index in [4.69, 9.17) is 20.0 Å². The van der Waals surface area contributed by atoms with E-state index in [2.05, 4.69) is 0 Å². The first-order chi connectivity index (χ1) is 12.8. The van der Waals surface area contributed by atoms with Gasteiger partial charge in [-0.15, -0.1) is 10.5 Å². The Balaban J connectivity index is 2.05. The van der Waals surface area contributed by atoms with Gasteiger partial charge in [0.1, 0.15) is 5.75 Å². The molecule has 0 amide bonds. The third-order valence-electron chi connectivity index (χ3n) is 4.33. The van der Waals surface area contributed by atoms with Gasteiger partial charge >= 0.3 is 0 Å². The summed E-state index contributed by atoms with van der Waals surface area (Å²) in [6.07, 6.45) is 3.47. The van der Waals surface area contributed by atoms with Gasteiger partial charge in [0.2, 0.25) is 0 Å². The fraction of sp³-hybridized carbons (Fsp3) is 0. The first-order valence-electron chi connectivity index (χ1n) is 7.98. The maximum atomic E-state index is 9.05. The molecule has 26 heavy (non-hydrogen) atoms. The van der Waals surface area contributed by atoms with Crippen molar-refractivity contribution < 1.29 is 9.47 Å². The Labute approximate surface area is 150 Å². The normalized spacial score (nSPS) is 10.2. The minimum absolute atomic E-state index is 0.489. The molecule has 0 unspecified atom stereocenters. The molecule has 0 atom stereocenters. The van der Waals surface area contributed by atoms with Crippen molar-refractivity contribution in [3.63, 3.8) is 0 Å². The van der Waals surface area contributed by atoms with E-state index in [-0.39, 0.29) is 0 Å². The third kappa shape index (κ3) is 2.56. The maximum absolute atomic E-state index is 9.05. The Kier molecular flexibility index (Phi) is 3.86. The van der Waals surface area contributed by atoms with Crippen molar-refractivity contribution in [1.82, 2.24) is 0 Å². The van der Waals surface area contributed by atoms with Gasteiger partial charge < -0.3 is 9.47 Å². The average molecular weight is 336 g/mol. The van der Waals surface area contributed by atoms with Crippen LogP contribution in [0.2, 0.25) is 0 Å². The standard InChI is InChI=1S/C22H12N2O2/c23-13-25-17-9-10-18-16(12-17)5-3-7-20(18)22-19-6-2-1-4-15(19)8-11-21(22)26-14-24/h1-12H. The van der Waals surface area contributed by atoms with Gasteiger partial charge in [0.15, 0.2) is 5.75 Å². The minimum atomic E-state index is 0.489. The van der Waals surface area contributed by atoms with E-state index < -0.39 is 0 Å². The summed E-state index contributed by atoms with van der Waals surface area (Å²) in [5.41, 5.74) is 1.82. The van der Waals surface area contributed by atoms with Crippen LogP contribution in [0.1, 0.15) is 0 Å². The summed E-state index contributed by atoms with van der Waals surface area (Å²) in [7, 11) is 0. The van der Waals surface area contributed by atoms with Gasteiger partial charge in [-0.3, -0.25) is 0 Å². The average Bonchev–Trinajstić information content (AvgIpc) is 2.68. The minimum Gasteiger partial charge on any atom is -0.388 e. The number of nitrogens with zero attached hydrogens (tertiary/aromatic N) is 2. The van der Waals surface area contributed by atoms with Crippen LogP contribution in [0.25, 0.3) is 32.7 Å². The zero-order valence-electron chi connectivity index (χ0n) is 13.6. The topological polar surface area (TPSA) is 66.0 Å². The molecule has 4 nitrogen and oxygen atoms in total. The van der Waals surface area contributed by atoms with E-state index in [0.29, 0.717) is 11.5 Å². The van der Waals surface area contributed by atoms with Gasteiger partial charge in [0, 0.05) is 5.56 Å². The molecule has 0 spiro atoms. The highest BCUT2D eigenvalue weighted by Gasteiger charge is 2.14. The van der Waals surface area contributed by atoms with Gasteiger partial charge in [-0.25, -0.2) is 0 Å². The molecule has 0 bridgehead atoms. The predicted molar refractivity (Wildman–Crippen MR) is 99.4 cm³/mol. The molecule has 122 valence electrons. The van der Waals surface area contributed by atoms with Crippen LogP contribution in [0.15, 0.2) is 72.8 Å². The second-order valence-electron chi connectivity index (χ2n) is 5.74. The smallest absolute Gasteiger partial charge is 0.292 e. The van der Waals surface area contributed by atoms with Crippen molar-refractivity contribution in [3.05, 3.63) is 72.8 Å². The van der Waals surface area contributed by atoms with Crippen LogP contribution in [-0.2, 0) is 0 Å². The van der Waals surface area contributed by atoms with E-state index >= 15 is 0 Å². The lowest BCUT2D eigenvalue weighted by molar-refractivity contribution is 0.508. The van der Waals surface area contributed by atoms with Crippen LogP contribution in [0.4, 0.5) is 0 Å². The molecule has 0 N–H and O–H groups in total. The summed E-state index contributed by atoms with van der Waals surface area (Å²) in [4.78, 5) is 0. The maximum Gasteiger partial charge on any atom is 0.292 e.